The number of nitrogens with zero attached hydrogens (tertiary/aromatic N) is 1. The summed E-state index contributed by atoms with van der Waals surface area (Å²) in [6.45, 7) is -2.87. The van der Waals surface area contributed by atoms with Crippen molar-refractivity contribution in [2.75, 3.05) is 0 Å². The van der Waals surface area contributed by atoms with Gasteiger partial charge in [-0.25, -0.2) is 4.98 Å². The van der Waals surface area contributed by atoms with Gasteiger partial charge in [0.2, 0.25) is 0 Å². The van der Waals surface area contributed by atoms with Crippen LogP contribution in [0.1, 0.15) is 12.3 Å². The third kappa shape index (κ3) is 3.78. The molecule has 1 N–H and O–H groups in total. The highest BCUT2D eigenvalue weighted by Gasteiger charge is 2.09. The molecule has 0 atom stereocenters. The van der Waals surface area contributed by atoms with Crippen LogP contribution >= 0.6 is 0 Å². The zero-order valence-corrected chi connectivity index (χ0v) is 10.3. The van der Waals surface area contributed by atoms with E-state index in [1.54, 1.807) is 12.1 Å². The van der Waals surface area contributed by atoms with Gasteiger partial charge in [0.05, 0.1) is 12.6 Å². The maximum Gasteiger partial charge on any atom is 0.387 e. The second-order valence-corrected chi connectivity index (χ2v) is 3.91. The van der Waals surface area contributed by atoms with Crippen molar-refractivity contribution < 1.29 is 27.8 Å². The van der Waals surface area contributed by atoms with E-state index in [0.717, 1.165) is 0 Å². The largest absolute Gasteiger partial charge is 0.481 e. The summed E-state index contributed by atoms with van der Waals surface area (Å²) in [5, 5.41) is 8.56. The van der Waals surface area contributed by atoms with Crippen molar-refractivity contribution in [1.82, 2.24) is 4.98 Å². The van der Waals surface area contributed by atoms with Gasteiger partial charge in [-0.1, -0.05) is 0 Å². The minimum Gasteiger partial charge on any atom is -0.481 e. The summed E-state index contributed by atoms with van der Waals surface area (Å²) < 4.78 is 33.6. The number of aromatic nitrogens is 1. The van der Waals surface area contributed by atoms with Crippen LogP contribution in [0.5, 0.6) is 5.75 Å². The molecule has 20 heavy (non-hydrogen) atoms. The molecule has 1 aromatic carbocycles. The Kier molecular flexibility index (Phi) is 4.29. The van der Waals surface area contributed by atoms with Crippen LogP contribution in [0.3, 0.4) is 0 Å². The molecule has 0 fully saturated rings. The average Bonchev–Trinajstić information content (AvgIpc) is 2.85. The average molecular weight is 283 g/mol. The number of benzene rings is 1. The number of hydrogen-bond donors (Lipinski definition) is 1. The van der Waals surface area contributed by atoms with Gasteiger partial charge >= 0.3 is 12.6 Å². The number of aliphatic carboxylic acids is 1. The number of rotatable bonds is 6. The Balaban J connectivity index is 2.06. The van der Waals surface area contributed by atoms with Crippen LogP contribution in [0.25, 0.3) is 11.3 Å². The first-order valence-corrected chi connectivity index (χ1v) is 5.76. The summed E-state index contributed by atoms with van der Waals surface area (Å²) in [6, 6.07) is 5.89. The van der Waals surface area contributed by atoms with Crippen LogP contribution in [-0.4, -0.2) is 22.7 Å². The summed E-state index contributed by atoms with van der Waals surface area (Å²) in [7, 11) is 0. The summed E-state index contributed by atoms with van der Waals surface area (Å²) >= 11 is 0. The Labute approximate surface area is 112 Å². The molecule has 0 bridgehead atoms. The van der Waals surface area contributed by atoms with Crippen LogP contribution in [0, 0.1) is 0 Å². The van der Waals surface area contributed by atoms with Crippen molar-refractivity contribution in [3.05, 3.63) is 36.4 Å². The Bertz CT molecular complexity index is 580. The number of ether oxygens (including phenoxy) is 1. The molecule has 5 nitrogen and oxygen atoms in total. The SMILES string of the molecule is O=C(O)CCc1ncc(-c2ccc(OC(F)F)cc2)o1. The highest BCUT2D eigenvalue weighted by molar-refractivity contribution is 5.66. The molecule has 0 saturated heterocycles. The van der Waals surface area contributed by atoms with Gasteiger partial charge in [-0.2, -0.15) is 8.78 Å². The number of carbonyl (C=O) groups is 1. The van der Waals surface area contributed by atoms with Crippen molar-refractivity contribution in [1.29, 1.82) is 0 Å². The summed E-state index contributed by atoms with van der Waals surface area (Å²) in [6.07, 6.45) is 1.59. The first kappa shape index (κ1) is 14.0. The van der Waals surface area contributed by atoms with Crippen LogP contribution in [0.4, 0.5) is 8.78 Å². The van der Waals surface area contributed by atoms with Gasteiger partial charge in [-0.15, -0.1) is 0 Å². The summed E-state index contributed by atoms with van der Waals surface area (Å²) in [4.78, 5) is 14.4. The lowest BCUT2D eigenvalue weighted by Gasteiger charge is -2.04. The van der Waals surface area contributed by atoms with Gasteiger partial charge in [0, 0.05) is 12.0 Å². The number of hydrogen-bond acceptors (Lipinski definition) is 4. The van der Waals surface area contributed by atoms with Crippen molar-refractivity contribution in [2.45, 2.75) is 19.5 Å². The molecule has 2 rings (SSSR count). The molecule has 0 radical (unpaired) electrons. The van der Waals surface area contributed by atoms with Crippen LogP contribution in [0.15, 0.2) is 34.9 Å². The van der Waals surface area contributed by atoms with Crippen molar-refractivity contribution in [2.24, 2.45) is 0 Å². The fourth-order valence-electron chi connectivity index (χ4n) is 1.57. The van der Waals surface area contributed by atoms with E-state index in [-0.39, 0.29) is 18.6 Å². The van der Waals surface area contributed by atoms with Crippen LogP contribution < -0.4 is 4.74 Å². The minimum atomic E-state index is -2.87. The Hall–Kier alpha value is -2.44. The van der Waals surface area contributed by atoms with Gasteiger partial charge in [0.15, 0.2) is 11.7 Å². The Morgan fingerprint density at radius 3 is 2.65 bits per heavy atom. The topological polar surface area (TPSA) is 72.6 Å². The Morgan fingerprint density at radius 2 is 2.05 bits per heavy atom. The number of alkyl halides is 2. The summed E-state index contributed by atoms with van der Waals surface area (Å²) in [5.41, 5.74) is 0.640. The second kappa shape index (κ2) is 6.14. The monoisotopic (exact) mass is 283 g/mol. The van der Waals surface area contributed by atoms with E-state index in [1.807, 2.05) is 0 Å². The van der Waals surface area contributed by atoms with E-state index in [4.69, 9.17) is 9.52 Å². The third-order valence-corrected chi connectivity index (χ3v) is 2.47. The quantitative estimate of drug-likeness (QED) is 0.882. The molecule has 1 aromatic heterocycles. The molecule has 0 spiro atoms. The van der Waals surface area contributed by atoms with Gasteiger partial charge in [-0.05, 0) is 24.3 Å². The lowest BCUT2D eigenvalue weighted by Crippen LogP contribution is -2.01. The van der Waals surface area contributed by atoms with Crippen molar-refractivity contribution >= 4 is 5.97 Å². The zero-order valence-electron chi connectivity index (χ0n) is 10.3. The molecule has 0 aliphatic rings. The summed E-state index contributed by atoms with van der Waals surface area (Å²) in [5.74, 6) is -0.128. The van der Waals surface area contributed by atoms with Gasteiger partial charge in [-0.3, -0.25) is 4.79 Å². The van der Waals surface area contributed by atoms with E-state index in [9.17, 15) is 13.6 Å². The maximum atomic E-state index is 12.0. The lowest BCUT2D eigenvalue weighted by molar-refractivity contribution is -0.137. The zero-order chi connectivity index (χ0) is 14.5. The molecule has 0 aliphatic heterocycles. The number of aryl methyl sites for hydroxylation is 1. The van der Waals surface area contributed by atoms with Gasteiger partial charge in [0.25, 0.3) is 0 Å². The van der Waals surface area contributed by atoms with Crippen molar-refractivity contribution in [3.8, 4) is 17.1 Å². The molecule has 0 saturated carbocycles. The maximum absolute atomic E-state index is 12.0. The molecule has 2 aromatic rings. The predicted octanol–water partition coefficient (Wildman–Crippen LogP) is 2.96. The van der Waals surface area contributed by atoms with E-state index < -0.39 is 12.6 Å². The molecule has 0 unspecified atom stereocenters. The second-order valence-electron chi connectivity index (χ2n) is 3.91. The fraction of sp³-hybridized carbons (Fsp3) is 0.231. The standard InChI is InChI=1S/C13H11F2NO4/c14-13(15)19-9-3-1-8(2-4-9)10-7-16-11(20-10)5-6-12(17)18/h1-4,7,13H,5-6H2,(H,17,18). The molecule has 106 valence electrons. The number of halogens is 2. The van der Waals surface area contributed by atoms with Crippen LogP contribution in [-0.2, 0) is 11.2 Å². The van der Waals surface area contributed by atoms with E-state index in [1.165, 1.54) is 18.3 Å². The van der Waals surface area contributed by atoms with Crippen LogP contribution in [0.2, 0.25) is 0 Å². The van der Waals surface area contributed by atoms with Crippen molar-refractivity contribution in [3.63, 3.8) is 0 Å². The number of carboxylic acids is 1. The minimum absolute atomic E-state index is 0.0503. The molecule has 7 heteroatoms. The normalized spacial score (nSPS) is 10.8. The third-order valence-electron chi connectivity index (χ3n) is 2.47. The highest BCUT2D eigenvalue weighted by Crippen LogP contribution is 2.24. The first-order valence-electron chi connectivity index (χ1n) is 5.76. The first-order chi connectivity index (χ1) is 9.54. The number of carboxylic acid groups (broad SMARTS) is 1. The molecular weight excluding hydrogens is 272 g/mol. The fourth-order valence-corrected chi connectivity index (χ4v) is 1.57. The molecular formula is C13H11F2NO4. The van der Waals surface area contributed by atoms with E-state index >= 15 is 0 Å². The van der Waals surface area contributed by atoms with Gasteiger partial charge in [0.1, 0.15) is 5.75 Å². The lowest BCUT2D eigenvalue weighted by atomic mass is 10.2. The molecule has 1 heterocycles. The molecule has 0 amide bonds. The van der Waals surface area contributed by atoms with Gasteiger partial charge < -0.3 is 14.3 Å². The smallest absolute Gasteiger partial charge is 0.387 e. The Morgan fingerprint density at radius 1 is 1.35 bits per heavy atom. The number of oxazole rings is 1. The van der Waals surface area contributed by atoms with E-state index in [2.05, 4.69) is 9.72 Å². The van der Waals surface area contributed by atoms with E-state index in [0.29, 0.717) is 17.2 Å². The highest BCUT2D eigenvalue weighted by atomic mass is 19.3. The predicted molar refractivity (Wildman–Crippen MR) is 64.5 cm³/mol. The molecule has 0 aliphatic carbocycles.